The number of hydrogen-bond donors (Lipinski definition) is 4. The number of piperidine rings is 1. The van der Waals surface area contributed by atoms with E-state index < -0.39 is 66.2 Å². The van der Waals surface area contributed by atoms with Gasteiger partial charge in [0.25, 0.3) is 0 Å². The molecule has 13 heteroatoms. The van der Waals surface area contributed by atoms with Gasteiger partial charge in [-0.25, -0.2) is 4.79 Å². The summed E-state index contributed by atoms with van der Waals surface area (Å²) in [5.74, 6) is -1.13. The first kappa shape index (κ1) is 25.4. The lowest BCUT2D eigenvalue weighted by Crippen LogP contribution is -2.65. The van der Waals surface area contributed by atoms with Crippen LogP contribution in [0.4, 0.5) is 4.79 Å². The topological polar surface area (TPSA) is 181 Å². The van der Waals surface area contributed by atoms with E-state index >= 15 is 0 Å². The summed E-state index contributed by atoms with van der Waals surface area (Å²) in [5.41, 5.74) is -1.54. The van der Waals surface area contributed by atoms with Crippen molar-refractivity contribution in [1.29, 1.82) is 0 Å². The number of aliphatic hydroxyl groups is 3. The Kier molecular flexibility index (Phi) is 7.61. The number of nitroso groups, excluding NO2 is 1. The summed E-state index contributed by atoms with van der Waals surface area (Å²) in [4.78, 5) is 34.7. The molecule has 2 aliphatic heterocycles. The molecule has 0 aromatic rings. The lowest BCUT2D eigenvalue weighted by atomic mass is 9.75. The second-order valence-electron chi connectivity index (χ2n) is 9.28. The summed E-state index contributed by atoms with van der Waals surface area (Å²) >= 11 is 0. The highest BCUT2D eigenvalue weighted by Crippen LogP contribution is 2.40. The lowest BCUT2D eigenvalue weighted by Gasteiger charge is -2.49. The number of esters is 1. The van der Waals surface area contributed by atoms with Gasteiger partial charge in [-0.05, 0) is 40.5 Å². The molecule has 2 amide bonds. The molecule has 1 radical (unpaired) electrons. The first-order valence-electron chi connectivity index (χ1n) is 9.92. The molecular formula is C18H31N4O9. The average Bonchev–Trinajstić information content (AvgIpc) is 2.69. The molecular weight excluding hydrogens is 416 g/mol. The number of ether oxygens (including phenoxy) is 2. The minimum atomic E-state index is -1.74. The maximum absolute atomic E-state index is 12.6. The number of nitrogens with one attached hydrogen (secondary N) is 1. The van der Waals surface area contributed by atoms with Gasteiger partial charge in [0, 0.05) is 18.1 Å². The number of nitrogens with zero attached hydrogens (tertiary/aromatic N) is 3. The van der Waals surface area contributed by atoms with E-state index in [1.54, 1.807) is 27.7 Å². The summed E-state index contributed by atoms with van der Waals surface area (Å²) in [5, 5.41) is 48.9. The monoisotopic (exact) mass is 447 g/mol. The molecule has 2 aliphatic rings. The Bertz CT molecular complexity index is 671. The first-order chi connectivity index (χ1) is 14.2. The summed E-state index contributed by atoms with van der Waals surface area (Å²) in [6, 6.07) is -2.46. The Morgan fingerprint density at radius 3 is 2.23 bits per heavy atom. The zero-order valence-electron chi connectivity index (χ0n) is 18.2. The summed E-state index contributed by atoms with van der Waals surface area (Å²) in [6.45, 7) is 6.52. The van der Waals surface area contributed by atoms with Crippen LogP contribution in [0.15, 0.2) is 5.29 Å². The van der Waals surface area contributed by atoms with E-state index in [2.05, 4.69) is 10.6 Å². The first-order valence-corrected chi connectivity index (χ1v) is 9.92. The van der Waals surface area contributed by atoms with E-state index in [0.717, 1.165) is 12.1 Å². The SMILES string of the molecule is CN(N=O)C(=O)N[C@@H]1[C@@H](O)[C@H](O)[C@@H](COC(=O)C2CC(C)(C)N([O])C(C)(C)C2)O[C@H]1O. The Morgan fingerprint density at radius 1 is 1.16 bits per heavy atom. The molecule has 0 spiro atoms. The minimum Gasteiger partial charge on any atom is -0.463 e. The van der Waals surface area contributed by atoms with Crippen LogP contribution in [0.1, 0.15) is 40.5 Å². The second-order valence-corrected chi connectivity index (χ2v) is 9.28. The molecule has 2 fully saturated rings. The molecule has 5 atom stereocenters. The smallest absolute Gasteiger partial charge is 0.340 e. The van der Waals surface area contributed by atoms with Crippen molar-refractivity contribution in [3.63, 3.8) is 0 Å². The van der Waals surface area contributed by atoms with Crippen molar-refractivity contribution in [3.05, 3.63) is 4.91 Å². The van der Waals surface area contributed by atoms with Crippen LogP contribution in [0, 0.1) is 10.8 Å². The van der Waals surface area contributed by atoms with Crippen LogP contribution in [-0.2, 0) is 19.5 Å². The fourth-order valence-corrected chi connectivity index (χ4v) is 4.22. The van der Waals surface area contributed by atoms with E-state index in [0.29, 0.717) is 5.01 Å². The molecule has 4 N–H and O–H groups in total. The maximum Gasteiger partial charge on any atom is 0.340 e. The van der Waals surface area contributed by atoms with E-state index in [-0.39, 0.29) is 12.8 Å². The van der Waals surface area contributed by atoms with Crippen LogP contribution in [0.2, 0.25) is 0 Å². The number of hydroxylamine groups is 2. The molecule has 31 heavy (non-hydrogen) atoms. The molecule has 2 saturated heterocycles. The van der Waals surface area contributed by atoms with Gasteiger partial charge in [0.05, 0.1) is 11.2 Å². The zero-order chi connectivity index (χ0) is 23.7. The standard InChI is InChI=1S/C18H31N4O9/c1-17(2)6-9(7-18(3,4)22(17)29)14(25)30-8-10-12(23)13(24)11(15(26)31-10)19-16(27)21(5)20-28/h9-13,15,23-24,26H,6-8H2,1-5H3,(H,19,27)/t10-,11-,12-,13-,15-/m1/s1. The van der Waals surface area contributed by atoms with E-state index in [9.17, 15) is 35.0 Å². The van der Waals surface area contributed by atoms with Crippen LogP contribution in [0.5, 0.6) is 0 Å². The van der Waals surface area contributed by atoms with Crippen LogP contribution in [0.3, 0.4) is 0 Å². The molecule has 13 nitrogen and oxygen atoms in total. The van der Waals surface area contributed by atoms with Gasteiger partial charge in [-0.2, -0.15) is 5.01 Å². The third-order valence-electron chi connectivity index (χ3n) is 5.74. The van der Waals surface area contributed by atoms with E-state index in [1.807, 2.05) is 0 Å². The highest BCUT2D eigenvalue weighted by molar-refractivity contribution is 5.74. The molecule has 0 aromatic carbocycles. The molecule has 0 unspecified atom stereocenters. The molecule has 0 bridgehead atoms. The van der Waals surface area contributed by atoms with Crippen LogP contribution >= 0.6 is 0 Å². The highest BCUT2D eigenvalue weighted by Gasteiger charge is 2.49. The summed E-state index contributed by atoms with van der Waals surface area (Å²) < 4.78 is 10.5. The molecule has 177 valence electrons. The van der Waals surface area contributed by atoms with Crippen LogP contribution in [0.25, 0.3) is 0 Å². The lowest BCUT2D eigenvalue weighted by molar-refractivity contribution is -0.294. The van der Waals surface area contributed by atoms with Gasteiger partial charge in [0.15, 0.2) is 6.29 Å². The minimum absolute atomic E-state index is 0.282. The average molecular weight is 447 g/mol. The third-order valence-corrected chi connectivity index (χ3v) is 5.74. The number of carbonyl (C=O) groups excluding carboxylic acids is 2. The summed E-state index contributed by atoms with van der Waals surface area (Å²) in [7, 11) is 1.06. The van der Waals surface area contributed by atoms with E-state index in [4.69, 9.17) is 9.47 Å². The van der Waals surface area contributed by atoms with Gasteiger partial charge in [0.1, 0.15) is 31.0 Å². The Hall–Kier alpha value is -1.90. The Morgan fingerprint density at radius 2 is 1.71 bits per heavy atom. The normalized spacial score (nSPS) is 33.4. The Balaban J connectivity index is 1.96. The van der Waals surface area contributed by atoms with Crippen molar-refractivity contribution >= 4 is 12.0 Å². The number of amides is 2. The fourth-order valence-electron chi connectivity index (χ4n) is 4.22. The quantitative estimate of drug-likeness (QED) is 0.240. The molecule has 0 aliphatic carbocycles. The number of hydrogen-bond acceptors (Lipinski definition) is 10. The van der Waals surface area contributed by atoms with Crippen molar-refractivity contribution in [2.75, 3.05) is 13.7 Å². The van der Waals surface area contributed by atoms with E-state index in [1.165, 1.54) is 0 Å². The molecule has 2 heterocycles. The van der Waals surface area contributed by atoms with Crippen molar-refractivity contribution in [2.24, 2.45) is 11.2 Å². The maximum atomic E-state index is 12.6. The largest absolute Gasteiger partial charge is 0.463 e. The zero-order valence-corrected chi connectivity index (χ0v) is 18.2. The van der Waals surface area contributed by atoms with Crippen molar-refractivity contribution < 1.29 is 39.6 Å². The number of urea groups is 1. The third kappa shape index (κ3) is 5.48. The van der Waals surface area contributed by atoms with Crippen LogP contribution < -0.4 is 5.32 Å². The van der Waals surface area contributed by atoms with Crippen molar-refractivity contribution in [2.45, 2.75) is 82.3 Å². The predicted octanol–water partition coefficient (Wildman–Crippen LogP) is -0.725. The summed E-state index contributed by atoms with van der Waals surface area (Å²) in [6.07, 6.45) is -5.71. The molecule has 0 aromatic heterocycles. The van der Waals surface area contributed by atoms with Crippen molar-refractivity contribution in [3.8, 4) is 0 Å². The van der Waals surface area contributed by atoms with Crippen molar-refractivity contribution in [1.82, 2.24) is 15.4 Å². The van der Waals surface area contributed by atoms with Gasteiger partial charge in [-0.3, -0.25) is 4.79 Å². The van der Waals surface area contributed by atoms with Gasteiger partial charge >= 0.3 is 12.0 Å². The van der Waals surface area contributed by atoms with Gasteiger partial charge in [-0.15, -0.1) is 15.2 Å². The molecule has 0 saturated carbocycles. The van der Waals surface area contributed by atoms with Gasteiger partial charge in [-0.1, -0.05) is 0 Å². The number of carbonyl (C=O) groups is 2. The Labute approximate surface area is 179 Å². The fraction of sp³-hybridized carbons (Fsp3) is 0.889. The van der Waals surface area contributed by atoms with Crippen LogP contribution in [-0.4, -0.2) is 92.8 Å². The van der Waals surface area contributed by atoms with Gasteiger partial charge < -0.3 is 30.1 Å². The second kappa shape index (κ2) is 9.30. The molecule has 2 rings (SSSR count). The number of rotatable bonds is 5. The number of aliphatic hydroxyl groups excluding tert-OH is 3. The van der Waals surface area contributed by atoms with Gasteiger partial charge in [0.2, 0.25) is 0 Å². The predicted molar refractivity (Wildman–Crippen MR) is 103 cm³/mol. The highest BCUT2D eigenvalue weighted by atomic mass is 16.6.